The van der Waals surface area contributed by atoms with Gasteiger partial charge in [0.15, 0.2) is 0 Å². The predicted molar refractivity (Wildman–Crippen MR) is 66.6 cm³/mol. The van der Waals surface area contributed by atoms with E-state index in [2.05, 4.69) is 0 Å². The number of aliphatic hydroxyl groups is 1. The molecule has 0 heterocycles. The number of aliphatic carboxylic acids is 1. The Labute approximate surface area is 108 Å². The zero-order valence-corrected chi connectivity index (χ0v) is 11.6. The first-order valence-electron chi connectivity index (χ1n) is 6.16. The lowest BCUT2D eigenvalue weighted by Gasteiger charge is -2.29. The van der Waals surface area contributed by atoms with Gasteiger partial charge in [-0.1, -0.05) is 6.42 Å². The Morgan fingerprint density at radius 2 is 2.00 bits per heavy atom. The van der Waals surface area contributed by atoms with Crippen molar-refractivity contribution in [1.82, 2.24) is 4.31 Å². The summed E-state index contributed by atoms with van der Waals surface area (Å²) in [5, 5.41) is 17.2. The third-order valence-electron chi connectivity index (χ3n) is 3.38. The number of carboxylic acid groups (broad SMARTS) is 1. The fraction of sp³-hybridized carbons (Fsp3) is 0.909. The van der Waals surface area contributed by atoms with Crippen molar-refractivity contribution in [2.75, 3.05) is 13.2 Å². The van der Waals surface area contributed by atoms with E-state index in [1.54, 1.807) is 13.8 Å². The Morgan fingerprint density at radius 1 is 1.39 bits per heavy atom. The lowest BCUT2D eigenvalue weighted by Crippen LogP contribution is -2.46. The summed E-state index contributed by atoms with van der Waals surface area (Å²) < 4.78 is 26.1. The highest BCUT2D eigenvalue weighted by Gasteiger charge is 2.44. The second-order valence-corrected chi connectivity index (χ2v) is 6.99. The zero-order chi connectivity index (χ0) is 13.9. The molecule has 1 aliphatic carbocycles. The minimum absolute atomic E-state index is 0.0167. The van der Waals surface area contributed by atoms with Crippen LogP contribution in [0.3, 0.4) is 0 Å². The van der Waals surface area contributed by atoms with Crippen LogP contribution >= 0.6 is 0 Å². The largest absolute Gasteiger partial charge is 0.481 e. The van der Waals surface area contributed by atoms with Gasteiger partial charge in [0.1, 0.15) is 0 Å². The molecule has 0 spiro atoms. The van der Waals surface area contributed by atoms with E-state index in [4.69, 9.17) is 10.2 Å². The van der Waals surface area contributed by atoms with Crippen molar-refractivity contribution in [3.05, 3.63) is 0 Å². The Morgan fingerprint density at radius 3 is 2.44 bits per heavy atom. The number of hydrogen-bond donors (Lipinski definition) is 2. The van der Waals surface area contributed by atoms with Crippen molar-refractivity contribution in [3.8, 4) is 0 Å². The van der Waals surface area contributed by atoms with Crippen LogP contribution in [0.25, 0.3) is 0 Å². The van der Waals surface area contributed by atoms with E-state index in [0.29, 0.717) is 19.3 Å². The number of hydrogen-bond acceptors (Lipinski definition) is 4. The molecule has 1 aliphatic rings. The summed E-state index contributed by atoms with van der Waals surface area (Å²) in [4.78, 5) is 11.1. The lowest BCUT2D eigenvalue weighted by atomic mass is 10.1. The summed E-state index contributed by atoms with van der Waals surface area (Å²) in [5.41, 5.74) is 0. The third kappa shape index (κ3) is 3.02. The van der Waals surface area contributed by atoms with Gasteiger partial charge in [0.25, 0.3) is 0 Å². The molecule has 0 aromatic carbocycles. The van der Waals surface area contributed by atoms with Crippen molar-refractivity contribution in [2.45, 2.75) is 44.4 Å². The van der Waals surface area contributed by atoms with Crippen LogP contribution in [0.2, 0.25) is 0 Å². The first kappa shape index (κ1) is 15.4. The van der Waals surface area contributed by atoms with Gasteiger partial charge in [-0.3, -0.25) is 4.79 Å². The SMILES string of the molecule is CC(C)N(CCO)S(=O)(=O)C1CCCC1C(=O)O. The van der Waals surface area contributed by atoms with Crippen LogP contribution in [0.4, 0.5) is 0 Å². The van der Waals surface area contributed by atoms with Crippen LogP contribution in [0.1, 0.15) is 33.1 Å². The number of aliphatic hydroxyl groups excluding tert-OH is 1. The van der Waals surface area contributed by atoms with E-state index in [1.807, 2.05) is 0 Å². The predicted octanol–water partition coefficient (Wildman–Crippen LogP) is 0.272. The molecule has 7 heteroatoms. The summed E-state index contributed by atoms with van der Waals surface area (Å²) in [7, 11) is -3.66. The number of nitrogens with zero attached hydrogens (tertiary/aromatic N) is 1. The van der Waals surface area contributed by atoms with Gasteiger partial charge < -0.3 is 10.2 Å². The maximum Gasteiger partial charge on any atom is 0.307 e. The van der Waals surface area contributed by atoms with Crippen molar-refractivity contribution in [1.29, 1.82) is 0 Å². The Kier molecular flexibility index (Phi) is 5.12. The Hall–Kier alpha value is -0.660. The first-order valence-corrected chi connectivity index (χ1v) is 7.67. The molecule has 1 fully saturated rings. The molecule has 0 aromatic heterocycles. The summed E-state index contributed by atoms with van der Waals surface area (Å²) in [6.45, 7) is 3.20. The van der Waals surface area contributed by atoms with E-state index in [-0.39, 0.29) is 19.2 Å². The van der Waals surface area contributed by atoms with Gasteiger partial charge in [0.05, 0.1) is 17.8 Å². The molecule has 6 nitrogen and oxygen atoms in total. The van der Waals surface area contributed by atoms with Crippen LogP contribution < -0.4 is 0 Å². The topological polar surface area (TPSA) is 94.9 Å². The van der Waals surface area contributed by atoms with E-state index >= 15 is 0 Å². The molecule has 0 saturated heterocycles. The highest BCUT2D eigenvalue weighted by atomic mass is 32.2. The standard InChI is InChI=1S/C11H21NO5S/c1-8(2)12(6-7-13)18(16,17)10-5-3-4-9(10)11(14)15/h8-10,13H,3-7H2,1-2H3,(H,14,15). The maximum absolute atomic E-state index is 12.4. The number of sulfonamides is 1. The molecule has 0 aliphatic heterocycles. The second-order valence-electron chi connectivity index (χ2n) is 4.89. The van der Waals surface area contributed by atoms with Gasteiger partial charge in [-0.2, -0.15) is 4.31 Å². The van der Waals surface area contributed by atoms with E-state index in [1.165, 1.54) is 4.31 Å². The molecule has 2 atom stereocenters. The Bertz CT molecular complexity index is 392. The molecule has 18 heavy (non-hydrogen) atoms. The average Bonchev–Trinajstić information content (AvgIpc) is 2.74. The molecule has 106 valence electrons. The molecule has 0 aromatic rings. The van der Waals surface area contributed by atoms with Crippen LogP contribution in [0.5, 0.6) is 0 Å². The van der Waals surface area contributed by atoms with E-state index < -0.39 is 27.2 Å². The highest BCUT2D eigenvalue weighted by molar-refractivity contribution is 7.89. The molecular formula is C11H21NO5S. The normalized spacial score (nSPS) is 24.9. The van der Waals surface area contributed by atoms with Gasteiger partial charge in [0.2, 0.25) is 10.0 Å². The zero-order valence-electron chi connectivity index (χ0n) is 10.7. The molecule has 2 N–H and O–H groups in total. The lowest BCUT2D eigenvalue weighted by molar-refractivity contribution is -0.141. The second kappa shape index (κ2) is 5.99. The minimum atomic E-state index is -3.66. The number of rotatable bonds is 6. The molecule has 0 amide bonds. The molecule has 1 saturated carbocycles. The van der Waals surface area contributed by atoms with Crippen molar-refractivity contribution in [3.63, 3.8) is 0 Å². The molecule has 1 rings (SSSR count). The van der Waals surface area contributed by atoms with Crippen molar-refractivity contribution in [2.24, 2.45) is 5.92 Å². The third-order valence-corrected chi connectivity index (χ3v) is 5.96. The molecule has 0 radical (unpaired) electrons. The van der Waals surface area contributed by atoms with E-state index in [9.17, 15) is 13.2 Å². The Balaban J connectivity index is 3.00. The van der Waals surface area contributed by atoms with Crippen molar-refractivity contribution >= 4 is 16.0 Å². The van der Waals surface area contributed by atoms with Crippen LogP contribution in [-0.2, 0) is 14.8 Å². The average molecular weight is 279 g/mol. The summed E-state index contributed by atoms with van der Waals surface area (Å²) in [6, 6.07) is -0.280. The van der Waals surface area contributed by atoms with Crippen LogP contribution in [-0.4, -0.2) is 53.3 Å². The highest BCUT2D eigenvalue weighted by Crippen LogP contribution is 2.33. The summed E-state index contributed by atoms with van der Waals surface area (Å²) in [6.07, 6.45) is 1.41. The monoisotopic (exact) mass is 279 g/mol. The van der Waals surface area contributed by atoms with Crippen LogP contribution in [0.15, 0.2) is 0 Å². The molecule has 0 bridgehead atoms. The van der Waals surface area contributed by atoms with Crippen LogP contribution in [0, 0.1) is 5.92 Å². The molecular weight excluding hydrogens is 258 g/mol. The van der Waals surface area contributed by atoms with Gasteiger partial charge in [-0.15, -0.1) is 0 Å². The summed E-state index contributed by atoms with van der Waals surface area (Å²) in [5.74, 6) is -1.87. The van der Waals surface area contributed by atoms with Gasteiger partial charge in [0, 0.05) is 12.6 Å². The fourth-order valence-corrected chi connectivity index (χ4v) is 4.92. The van der Waals surface area contributed by atoms with E-state index in [0.717, 1.165) is 0 Å². The smallest absolute Gasteiger partial charge is 0.307 e. The number of carboxylic acids is 1. The van der Waals surface area contributed by atoms with Gasteiger partial charge in [-0.25, -0.2) is 8.42 Å². The maximum atomic E-state index is 12.4. The first-order chi connectivity index (χ1) is 8.32. The van der Waals surface area contributed by atoms with Crippen molar-refractivity contribution < 1.29 is 23.4 Å². The molecule has 2 unspecified atom stereocenters. The van der Waals surface area contributed by atoms with Gasteiger partial charge >= 0.3 is 5.97 Å². The quantitative estimate of drug-likeness (QED) is 0.728. The summed E-state index contributed by atoms with van der Waals surface area (Å²) >= 11 is 0. The minimum Gasteiger partial charge on any atom is -0.481 e. The van der Waals surface area contributed by atoms with Gasteiger partial charge in [-0.05, 0) is 26.7 Å². The fourth-order valence-electron chi connectivity index (χ4n) is 2.52. The number of carbonyl (C=O) groups is 1.